The molecule has 2 aromatic rings. The lowest BCUT2D eigenvalue weighted by Gasteiger charge is -2.17. The van der Waals surface area contributed by atoms with E-state index in [9.17, 15) is 4.39 Å². The highest BCUT2D eigenvalue weighted by Gasteiger charge is 2.10. The summed E-state index contributed by atoms with van der Waals surface area (Å²) in [6, 6.07) is 6.53. The van der Waals surface area contributed by atoms with Gasteiger partial charge in [-0.05, 0) is 38.5 Å². The second kappa shape index (κ2) is 6.32. The Bertz CT molecular complexity index is 586. The Hall–Kier alpha value is -2.17. The van der Waals surface area contributed by atoms with Crippen LogP contribution in [0.25, 0.3) is 0 Å². The Labute approximate surface area is 118 Å². The van der Waals surface area contributed by atoms with Gasteiger partial charge in [0.25, 0.3) is 0 Å². The minimum Gasteiger partial charge on any atom is -0.363 e. The molecule has 2 N–H and O–H groups in total. The van der Waals surface area contributed by atoms with Crippen molar-refractivity contribution in [2.75, 3.05) is 17.2 Å². The SMILES string of the molecule is CCNc1ncc(C)c(NC(C)c2cccc(F)c2)n1. The fraction of sp³-hybridized carbons (Fsp3) is 0.333. The van der Waals surface area contributed by atoms with Crippen molar-refractivity contribution in [2.45, 2.75) is 26.8 Å². The van der Waals surface area contributed by atoms with Gasteiger partial charge in [-0.15, -0.1) is 0 Å². The van der Waals surface area contributed by atoms with Crippen LogP contribution in [-0.4, -0.2) is 16.5 Å². The number of hydrogen-bond acceptors (Lipinski definition) is 4. The average Bonchev–Trinajstić information content (AvgIpc) is 2.43. The van der Waals surface area contributed by atoms with E-state index in [1.54, 1.807) is 12.3 Å². The third-order valence-corrected chi connectivity index (χ3v) is 3.01. The molecule has 1 heterocycles. The van der Waals surface area contributed by atoms with E-state index in [1.165, 1.54) is 12.1 Å². The molecule has 0 bridgehead atoms. The predicted octanol–water partition coefficient (Wildman–Crippen LogP) is 3.53. The van der Waals surface area contributed by atoms with Crippen LogP contribution >= 0.6 is 0 Å². The van der Waals surface area contributed by atoms with Gasteiger partial charge < -0.3 is 10.6 Å². The monoisotopic (exact) mass is 274 g/mol. The van der Waals surface area contributed by atoms with Crippen molar-refractivity contribution in [1.29, 1.82) is 0 Å². The molecule has 0 fully saturated rings. The summed E-state index contributed by atoms with van der Waals surface area (Å²) in [5.74, 6) is 1.11. The van der Waals surface area contributed by atoms with Gasteiger partial charge in [0.1, 0.15) is 11.6 Å². The standard InChI is InChI=1S/C15H19FN4/c1-4-17-15-18-9-10(2)14(20-15)19-11(3)12-6-5-7-13(16)8-12/h5-9,11H,4H2,1-3H3,(H2,17,18,19,20). The normalized spacial score (nSPS) is 12.0. The lowest BCUT2D eigenvalue weighted by atomic mass is 10.1. The summed E-state index contributed by atoms with van der Waals surface area (Å²) in [5.41, 5.74) is 1.84. The Balaban J connectivity index is 2.18. The summed E-state index contributed by atoms with van der Waals surface area (Å²) < 4.78 is 13.2. The number of nitrogens with zero attached hydrogens (tertiary/aromatic N) is 2. The second-order valence-electron chi connectivity index (χ2n) is 4.68. The van der Waals surface area contributed by atoms with E-state index in [0.717, 1.165) is 23.5 Å². The highest BCUT2D eigenvalue weighted by Crippen LogP contribution is 2.21. The number of nitrogens with one attached hydrogen (secondary N) is 2. The van der Waals surface area contributed by atoms with Crippen molar-refractivity contribution < 1.29 is 4.39 Å². The van der Waals surface area contributed by atoms with Crippen LogP contribution in [0, 0.1) is 12.7 Å². The number of aryl methyl sites for hydroxylation is 1. The van der Waals surface area contributed by atoms with Gasteiger partial charge in [0, 0.05) is 18.3 Å². The summed E-state index contributed by atoms with van der Waals surface area (Å²) in [7, 11) is 0. The molecule has 5 heteroatoms. The number of hydrogen-bond donors (Lipinski definition) is 2. The van der Waals surface area contributed by atoms with E-state index >= 15 is 0 Å². The van der Waals surface area contributed by atoms with E-state index in [4.69, 9.17) is 0 Å². The van der Waals surface area contributed by atoms with Crippen molar-refractivity contribution in [2.24, 2.45) is 0 Å². The smallest absolute Gasteiger partial charge is 0.224 e. The molecule has 0 aliphatic rings. The molecule has 4 nitrogen and oxygen atoms in total. The molecule has 106 valence electrons. The maximum Gasteiger partial charge on any atom is 0.224 e. The lowest BCUT2D eigenvalue weighted by molar-refractivity contribution is 0.623. The third kappa shape index (κ3) is 3.44. The molecule has 0 spiro atoms. The molecule has 0 aliphatic heterocycles. The molecule has 0 radical (unpaired) electrons. The lowest BCUT2D eigenvalue weighted by Crippen LogP contribution is -2.11. The molecule has 1 unspecified atom stereocenters. The first-order chi connectivity index (χ1) is 9.60. The quantitative estimate of drug-likeness (QED) is 0.875. The van der Waals surface area contributed by atoms with Gasteiger partial charge in [-0.1, -0.05) is 12.1 Å². The van der Waals surface area contributed by atoms with Crippen LogP contribution in [0.15, 0.2) is 30.5 Å². The fourth-order valence-corrected chi connectivity index (χ4v) is 1.90. The van der Waals surface area contributed by atoms with Crippen LogP contribution in [-0.2, 0) is 0 Å². The number of benzene rings is 1. The van der Waals surface area contributed by atoms with Crippen molar-refractivity contribution in [3.63, 3.8) is 0 Å². The number of halogens is 1. The van der Waals surface area contributed by atoms with Crippen molar-refractivity contribution >= 4 is 11.8 Å². The Morgan fingerprint density at radius 2 is 2.15 bits per heavy atom. The first-order valence-corrected chi connectivity index (χ1v) is 6.69. The van der Waals surface area contributed by atoms with Gasteiger partial charge in [0.15, 0.2) is 0 Å². The molecule has 20 heavy (non-hydrogen) atoms. The number of rotatable bonds is 5. The van der Waals surface area contributed by atoms with Gasteiger partial charge in [-0.25, -0.2) is 9.37 Å². The molecule has 1 atom stereocenters. The summed E-state index contributed by atoms with van der Waals surface area (Å²) in [6.07, 6.45) is 1.77. The van der Waals surface area contributed by atoms with Crippen LogP contribution in [0.5, 0.6) is 0 Å². The van der Waals surface area contributed by atoms with Gasteiger partial charge in [-0.2, -0.15) is 4.98 Å². The first kappa shape index (κ1) is 14.2. The van der Waals surface area contributed by atoms with E-state index in [-0.39, 0.29) is 11.9 Å². The fourth-order valence-electron chi connectivity index (χ4n) is 1.90. The van der Waals surface area contributed by atoms with Gasteiger partial charge >= 0.3 is 0 Å². The molecule has 0 amide bonds. The van der Waals surface area contributed by atoms with Crippen molar-refractivity contribution in [3.05, 3.63) is 47.4 Å². The Kier molecular flexibility index (Phi) is 4.50. The molecule has 1 aromatic carbocycles. The minimum absolute atomic E-state index is 0.0335. The predicted molar refractivity (Wildman–Crippen MR) is 79.4 cm³/mol. The Morgan fingerprint density at radius 1 is 1.35 bits per heavy atom. The van der Waals surface area contributed by atoms with Crippen LogP contribution in [0.2, 0.25) is 0 Å². The average molecular weight is 274 g/mol. The van der Waals surface area contributed by atoms with Crippen LogP contribution in [0.4, 0.5) is 16.2 Å². The van der Waals surface area contributed by atoms with Crippen molar-refractivity contribution in [1.82, 2.24) is 9.97 Å². The molecule has 0 saturated heterocycles. The molecular weight excluding hydrogens is 255 g/mol. The molecule has 0 saturated carbocycles. The van der Waals surface area contributed by atoms with Crippen molar-refractivity contribution in [3.8, 4) is 0 Å². The maximum atomic E-state index is 13.2. The van der Waals surface area contributed by atoms with E-state index in [1.807, 2.05) is 26.8 Å². The van der Waals surface area contributed by atoms with Crippen LogP contribution in [0.3, 0.4) is 0 Å². The maximum absolute atomic E-state index is 13.2. The minimum atomic E-state index is -0.233. The highest BCUT2D eigenvalue weighted by atomic mass is 19.1. The first-order valence-electron chi connectivity index (χ1n) is 6.69. The molecule has 2 rings (SSSR count). The zero-order chi connectivity index (χ0) is 14.5. The third-order valence-electron chi connectivity index (χ3n) is 3.01. The van der Waals surface area contributed by atoms with Crippen LogP contribution < -0.4 is 10.6 Å². The van der Waals surface area contributed by atoms with Gasteiger partial charge in [-0.3, -0.25) is 0 Å². The summed E-state index contributed by atoms with van der Waals surface area (Å²) in [4.78, 5) is 8.62. The molecular formula is C15H19FN4. The van der Waals surface area contributed by atoms with E-state index < -0.39 is 0 Å². The van der Waals surface area contributed by atoms with Gasteiger partial charge in [0.05, 0.1) is 6.04 Å². The molecule has 1 aromatic heterocycles. The van der Waals surface area contributed by atoms with Crippen LogP contribution in [0.1, 0.15) is 31.0 Å². The van der Waals surface area contributed by atoms with E-state index in [0.29, 0.717) is 5.95 Å². The highest BCUT2D eigenvalue weighted by molar-refractivity contribution is 5.48. The van der Waals surface area contributed by atoms with E-state index in [2.05, 4.69) is 20.6 Å². The largest absolute Gasteiger partial charge is 0.363 e. The second-order valence-corrected chi connectivity index (χ2v) is 4.68. The summed E-state index contributed by atoms with van der Waals surface area (Å²) in [6.45, 7) is 6.67. The summed E-state index contributed by atoms with van der Waals surface area (Å²) >= 11 is 0. The zero-order valence-electron chi connectivity index (χ0n) is 11.9. The summed E-state index contributed by atoms with van der Waals surface area (Å²) in [5, 5.41) is 6.37. The number of anilines is 2. The number of aromatic nitrogens is 2. The Morgan fingerprint density at radius 3 is 2.85 bits per heavy atom. The molecule has 0 aliphatic carbocycles. The van der Waals surface area contributed by atoms with Gasteiger partial charge in [0.2, 0.25) is 5.95 Å². The topological polar surface area (TPSA) is 49.8 Å². The zero-order valence-corrected chi connectivity index (χ0v) is 11.9.